The minimum atomic E-state index is -0.471. The first-order chi connectivity index (χ1) is 7.80. The van der Waals surface area contributed by atoms with Crippen molar-refractivity contribution in [1.29, 1.82) is 0 Å². The second kappa shape index (κ2) is 3.55. The molecule has 0 bridgehead atoms. The Balaban J connectivity index is 2.76. The van der Waals surface area contributed by atoms with Crippen molar-refractivity contribution in [1.82, 2.24) is 0 Å². The van der Waals surface area contributed by atoms with Crippen molar-refractivity contribution in [3.05, 3.63) is 29.8 Å². The Morgan fingerprint density at radius 1 is 0.882 bits per heavy atom. The molecule has 0 spiro atoms. The fourth-order valence-corrected chi connectivity index (χ4v) is 1.83. The molecule has 2 rings (SSSR count). The van der Waals surface area contributed by atoms with Crippen molar-refractivity contribution in [3.63, 3.8) is 0 Å². The Morgan fingerprint density at radius 3 is 2.12 bits per heavy atom. The number of phenolic OH excluding ortho intramolecular Hbond substituents is 3. The third-order valence-corrected chi connectivity index (χ3v) is 2.93. The predicted molar refractivity (Wildman–Crippen MR) is 67.6 cm³/mol. The van der Waals surface area contributed by atoms with Gasteiger partial charge in [-0.3, -0.25) is 0 Å². The monoisotopic (exact) mass is 232 g/mol. The highest BCUT2D eigenvalue weighted by atomic mass is 16.3. The van der Waals surface area contributed by atoms with Crippen LogP contribution in [0.5, 0.6) is 17.2 Å². The van der Waals surface area contributed by atoms with Gasteiger partial charge in [0.15, 0.2) is 11.5 Å². The molecule has 0 unspecified atom stereocenters. The van der Waals surface area contributed by atoms with Gasteiger partial charge in [-0.2, -0.15) is 0 Å². The zero-order valence-electron chi connectivity index (χ0n) is 10.2. The maximum absolute atomic E-state index is 9.72. The Bertz CT molecular complexity index is 580. The van der Waals surface area contributed by atoms with Crippen molar-refractivity contribution < 1.29 is 15.3 Å². The Hall–Kier alpha value is -1.90. The molecule has 2 aromatic rings. The molecule has 0 amide bonds. The van der Waals surface area contributed by atoms with E-state index in [2.05, 4.69) is 20.8 Å². The topological polar surface area (TPSA) is 60.7 Å². The number of fused-ring (bicyclic) bond motifs is 1. The number of hydrogen-bond acceptors (Lipinski definition) is 3. The molecule has 3 N–H and O–H groups in total. The van der Waals surface area contributed by atoms with E-state index in [9.17, 15) is 15.3 Å². The molecule has 0 heterocycles. The van der Waals surface area contributed by atoms with Crippen LogP contribution in [0.4, 0.5) is 0 Å². The van der Waals surface area contributed by atoms with Crippen LogP contribution in [-0.4, -0.2) is 15.3 Å². The number of phenols is 3. The van der Waals surface area contributed by atoms with E-state index < -0.39 is 5.75 Å². The SMILES string of the molecule is CC(C)(C)c1ccc2c(O)c(O)c(O)cc2c1. The molecule has 3 heteroatoms. The average Bonchev–Trinajstić information content (AvgIpc) is 2.24. The molecule has 2 aromatic carbocycles. The second-order valence-corrected chi connectivity index (χ2v) is 5.28. The van der Waals surface area contributed by atoms with Gasteiger partial charge >= 0.3 is 0 Å². The van der Waals surface area contributed by atoms with Crippen molar-refractivity contribution >= 4 is 10.8 Å². The highest BCUT2D eigenvalue weighted by Crippen LogP contribution is 2.41. The van der Waals surface area contributed by atoms with Crippen molar-refractivity contribution in [3.8, 4) is 17.2 Å². The largest absolute Gasteiger partial charge is 0.504 e. The summed E-state index contributed by atoms with van der Waals surface area (Å²) in [7, 11) is 0. The molecule has 0 aliphatic carbocycles. The molecule has 0 saturated carbocycles. The van der Waals surface area contributed by atoms with Gasteiger partial charge in [-0.25, -0.2) is 0 Å². The van der Waals surface area contributed by atoms with Crippen LogP contribution in [-0.2, 0) is 5.41 Å². The number of rotatable bonds is 0. The lowest BCUT2D eigenvalue weighted by Crippen LogP contribution is -2.10. The zero-order chi connectivity index (χ0) is 12.8. The minimum Gasteiger partial charge on any atom is -0.504 e. The lowest BCUT2D eigenvalue weighted by atomic mass is 9.86. The maximum Gasteiger partial charge on any atom is 0.200 e. The van der Waals surface area contributed by atoms with Crippen LogP contribution in [0.2, 0.25) is 0 Å². The molecule has 3 nitrogen and oxygen atoms in total. The van der Waals surface area contributed by atoms with Crippen LogP contribution in [0.3, 0.4) is 0 Å². The molecular formula is C14H16O3. The first-order valence-electron chi connectivity index (χ1n) is 5.49. The van der Waals surface area contributed by atoms with Crippen molar-refractivity contribution in [2.45, 2.75) is 26.2 Å². The van der Waals surface area contributed by atoms with Gasteiger partial charge in [0, 0.05) is 5.39 Å². The molecule has 0 aliphatic heterocycles. The quantitative estimate of drug-likeness (QED) is 0.611. The molecule has 0 fully saturated rings. The van der Waals surface area contributed by atoms with Gasteiger partial charge in [-0.15, -0.1) is 0 Å². The zero-order valence-corrected chi connectivity index (χ0v) is 10.2. The van der Waals surface area contributed by atoms with Gasteiger partial charge in [0.1, 0.15) is 0 Å². The third-order valence-electron chi connectivity index (χ3n) is 2.93. The maximum atomic E-state index is 9.72. The highest BCUT2D eigenvalue weighted by molar-refractivity contribution is 5.93. The van der Waals surface area contributed by atoms with E-state index in [1.165, 1.54) is 6.07 Å². The summed E-state index contributed by atoms with van der Waals surface area (Å²) in [6.45, 7) is 6.27. The van der Waals surface area contributed by atoms with Crippen LogP contribution in [0, 0.1) is 0 Å². The fraction of sp³-hybridized carbons (Fsp3) is 0.286. The van der Waals surface area contributed by atoms with Crippen LogP contribution in [0.25, 0.3) is 10.8 Å². The lowest BCUT2D eigenvalue weighted by molar-refractivity contribution is 0.371. The van der Waals surface area contributed by atoms with Crippen LogP contribution < -0.4 is 0 Å². The molecule has 17 heavy (non-hydrogen) atoms. The van der Waals surface area contributed by atoms with E-state index in [-0.39, 0.29) is 16.9 Å². The van der Waals surface area contributed by atoms with E-state index in [0.717, 1.165) is 5.56 Å². The number of hydrogen-bond donors (Lipinski definition) is 3. The predicted octanol–water partition coefficient (Wildman–Crippen LogP) is 3.25. The summed E-state index contributed by atoms with van der Waals surface area (Å²) in [4.78, 5) is 0. The second-order valence-electron chi connectivity index (χ2n) is 5.28. The summed E-state index contributed by atoms with van der Waals surface area (Å²) in [6.07, 6.45) is 0. The molecule has 0 saturated heterocycles. The highest BCUT2D eigenvalue weighted by Gasteiger charge is 2.16. The average molecular weight is 232 g/mol. The van der Waals surface area contributed by atoms with Crippen LogP contribution in [0.15, 0.2) is 24.3 Å². The van der Waals surface area contributed by atoms with Crippen LogP contribution in [0.1, 0.15) is 26.3 Å². The fourth-order valence-electron chi connectivity index (χ4n) is 1.83. The van der Waals surface area contributed by atoms with Crippen LogP contribution >= 0.6 is 0 Å². The Morgan fingerprint density at radius 2 is 1.53 bits per heavy atom. The summed E-state index contributed by atoms with van der Waals surface area (Å²) in [6, 6.07) is 7.04. The number of aromatic hydroxyl groups is 3. The van der Waals surface area contributed by atoms with E-state index in [4.69, 9.17) is 0 Å². The van der Waals surface area contributed by atoms with Crippen molar-refractivity contribution in [2.75, 3.05) is 0 Å². The first kappa shape index (κ1) is 11.6. The summed E-state index contributed by atoms with van der Waals surface area (Å²) in [5, 5.41) is 29.9. The van der Waals surface area contributed by atoms with Gasteiger partial charge in [-0.1, -0.05) is 39.0 Å². The van der Waals surface area contributed by atoms with Gasteiger partial charge in [0.2, 0.25) is 5.75 Å². The summed E-state index contributed by atoms with van der Waals surface area (Å²) in [5.41, 5.74) is 1.10. The van der Waals surface area contributed by atoms with E-state index >= 15 is 0 Å². The molecule has 0 aliphatic rings. The summed E-state index contributed by atoms with van der Waals surface area (Å²) < 4.78 is 0. The smallest absolute Gasteiger partial charge is 0.200 e. The van der Waals surface area contributed by atoms with E-state index in [1.807, 2.05) is 12.1 Å². The summed E-state index contributed by atoms with van der Waals surface area (Å²) >= 11 is 0. The lowest BCUT2D eigenvalue weighted by Gasteiger charge is -2.19. The van der Waals surface area contributed by atoms with E-state index in [0.29, 0.717) is 10.8 Å². The van der Waals surface area contributed by atoms with Gasteiger partial charge < -0.3 is 15.3 Å². The number of benzene rings is 2. The van der Waals surface area contributed by atoms with Gasteiger partial charge in [-0.05, 0) is 22.4 Å². The minimum absolute atomic E-state index is 0.00266. The Labute approximate surface area is 100.0 Å². The molecule has 90 valence electrons. The molecule has 0 radical (unpaired) electrons. The third kappa shape index (κ3) is 1.88. The standard InChI is InChI=1S/C14H16O3/c1-14(2,3)9-4-5-10-8(6-9)7-11(15)13(17)12(10)16/h4-7,15-17H,1-3H3. The molecular weight excluding hydrogens is 216 g/mol. The molecule has 0 aromatic heterocycles. The van der Waals surface area contributed by atoms with Gasteiger partial charge in [0.05, 0.1) is 0 Å². The van der Waals surface area contributed by atoms with Crippen molar-refractivity contribution in [2.24, 2.45) is 0 Å². The first-order valence-corrected chi connectivity index (χ1v) is 5.49. The van der Waals surface area contributed by atoms with Gasteiger partial charge in [0.25, 0.3) is 0 Å². The summed E-state index contributed by atoms with van der Waals surface area (Å²) in [5.74, 6) is -1.05. The Kier molecular flexibility index (Phi) is 2.42. The molecule has 0 atom stereocenters. The van der Waals surface area contributed by atoms with E-state index in [1.54, 1.807) is 6.07 Å². The normalized spacial score (nSPS) is 11.9.